The SMILES string of the molecule is CCOC(=O)[C@H]1C2C=CC(C2)[C@H]1NC(=O)c1nn(-c2ccc(Cl)cc2Cl)c2c1CCCC[C@H]2Cc1cccc(F)c1. The largest absolute Gasteiger partial charge is 0.466 e. The molecular weight excluding hydrogens is 564 g/mol. The van der Waals surface area contributed by atoms with Crippen LogP contribution in [0.25, 0.3) is 5.69 Å². The molecule has 6 rings (SSSR count). The van der Waals surface area contributed by atoms with Crippen LogP contribution in [0.15, 0.2) is 54.6 Å². The summed E-state index contributed by atoms with van der Waals surface area (Å²) in [6, 6.07) is 11.5. The summed E-state index contributed by atoms with van der Waals surface area (Å²) in [5, 5.41) is 8.98. The van der Waals surface area contributed by atoms with Crippen molar-refractivity contribution in [3.8, 4) is 5.69 Å². The molecule has 3 aliphatic carbocycles. The molecule has 3 aromatic rings. The lowest BCUT2D eigenvalue weighted by atomic mass is 9.88. The number of fused-ring (bicyclic) bond motifs is 3. The van der Waals surface area contributed by atoms with E-state index in [0.29, 0.717) is 40.9 Å². The minimum absolute atomic E-state index is 0.00667. The van der Waals surface area contributed by atoms with Crippen LogP contribution < -0.4 is 5.32 Å². The van der Waals surface area contributed by atoms with Gasteiger partial charge in [-0.1, -0.05) is 53.9 Å². The molecule has 1 saturated carbocycles. The lowest BCUT2D eigenvalue weighted by molar-refractivity contribution is -0.149. The topological polar surface area (TPSA) is 73.2 Å². The summed E-state index contributed by atoms with van der Waals surface area (Å²) >= 11 is 12.9. The molecule has 5 atom stereocenters. The molecular formula is C32H32Cl2FN3O3. The van der Waals surface area contributed by atoms with Gasteiger partial charge in [-0.15, -0.1) is 0 Å². The third kappa shape index (κ3) is 5.42. The van der Waals surface area contributed by atoms with Crippen LogP contribution >= 0.6 is 23.2 Å². The molecule has 214 valence electrons. The lowest BCUT2D eigenvalue weighted by Gasteiger charge is -2.27. The summed E-state index contributed by atoms with van der Waals surface area (Å²) in [4.78, 5) is 26.9. The molecule has 1 amide bonds. The molecule has 3 aliphatic rings. The van der Waals surface area contributed by atoms with Gasteiger partial charge in [-0.2, -0.15) is 5.10 Å². The number of halogens is 3. The van der Waals surface area contributed by atoms with Crippen LogP contribution in [0.5, 0.6) is 0 Å². The maximum absolute atomic E-state index is 14.1. The van der Waals surface area contributed by atoms with Gasteiger partial charge in [0, 0.05) is 22.5 Å². The highest BCUT2D eigenvalue weighted by molar-refractivity contribution is 6.35. The van der Waals surface area contributed by atoms with Gasteiger partial charge in [-0.3, -0.25) is 9.59 Å². The normalized spacial score (nSPS) is 24.6. The number of rotatable bonds is 7. The fourth-order valence-corrected chi connectivity index (χ4v) is 7.41. The molecule has 6 nitrogen and oxygen atoms in total. The smallest absolute Gasteiger partial charge is 0.311 e. The van der Waals surface area contributed by atoms with E-state index < -0.39 is 5.92 Å². The molecule has 2 aromatic carbocycles. The summed E-state index contributed by atoms with van der Waals surface area (Å²) in [6.07, 6.45) is 8.98. The Morgan fingerprint density at radius 1 is 1.12 bits per heavy atom. The van der Waals surface area contributed by atoms with E-state index in [1.807, 2.05) is 6.07 Å². The van der Waals surface area contributed by atoms with E-state index in [9.17, 15) is 14.0 Å². The number of carbonyl (C=O) groups is 2. The van der Waals surface area contributed by atoms with E-state index in [4.69, 9.17) is 33.0 Å². The van der Waals surface area contributed by atoms with Crippen molar-refractivity contribution in [1.29, 1.82) is 0 Å². The molecule has 0 spiro atoms. The first-order chi connectivity index (χ1) is 19.8. The second-order valence-corrected chi connectivity index (χ2v) is 12.1. The number of ether oxygens (including phenoxy) is 1. The molecule has 1 aromatic heterocycles. The fraction of sp³-hybridized carbons (Fsp3) is 0.406. The number of hydrogen-bond donors (Lipinski definition) is 1. The van der Waals surface area contributed by atoms with Crippen LogP contribution in [-0.2, 0) is 22.4 Å². The first-order valence-corrected chi connectivity index (χ1v) is 15.1. The second kappa shape index (κ2) is 11.6. The first-order valence-electron chi connectivity index (χ1n) is 14.3. The van der Waals surface area contributed by atoms with Crippen molar-refractivity contribution in [1.82, 2.24) is 15.1 Å². The van der Waals surface area contributed by atoms with Crippen molar-refractivity contribution >= 4 is 35.1 Å². The molecule has 2 bridgehead atoms. The maximum Gasteiger partial charge on any atom is 0.311 e. The predicted octanol–water partition coefficient (Wildman–Crippen LogP) is 6.85. The zero-order valence-corrected chi connectivity index (χ0v) is 24.3. The Balaban J connectivity index is 1.41. The molecule has 1 fully saturated rings. The van der Waals surface area contributed by atoms with Crippen molar-refractivity contribution in [3.63, 3.8) is 0 Å². The summed E-state index contributed by atoms with van der Waals surface area (Å²) in [5.41, 5.74) is 3.64. The van der Waals surface area contributed by atoms with Gasteiger partial charge >= 0.3 is 5.97 Å². The molecule has 1 heterocycles. The van der Waals surface area contributed by atoms with E-state index in [1.54, 1.807) is 41.9 Å². The molecule has 2 unspecified atom stereocenters. The van der Waals surface area contributed by atoms with E-state index >= 15 is 0 Å². The summed E-state index contributed by atoms with van der Waals surface area (Å²) in [7, 11) is 0. The minimum atomic E-state index is -0.416. The minimum Gasteiger partial charge on any atom is -0.466 e. The quantitative estimate of drug-likeness (QED) is 0.184. The average molecular weight is 597 g/mol. The Morgan fingerprint density at radius 2 is 1.95 bits per heavy atom. The van der Waals surface area contributed by atoms with Crippen LogP contribution in [0.4, 0.5) is 4.39 Å². The van der Waals surface area contributed by atoms with E-state index in [-0.39, 0.29) is 41.5 Å². The van der Waals surface area contributed by atoms with E-state index in [2.05, 4.69) is 17.5 Å². The molecule has 0 radical (unpaired) electrons. The lowest BCUT2D eigenvalue weighted by Crippen LogP contribution is -2.46. The van der Waals surface area contributed by atoms with Gasteiger partial charge in [0.05, 0.1) is 28.9 Å². The Hall–Kier alpha value is -3.16. The van der Waals surface area contributed by atoms with Crippen molar-refractivity contribution in [3.05, 3.63) is 93.0 Å². The monoisotopic (exact) mass is 595 g/mol. The van der Waals surface area contributed by atoms with Gasteiger partial charge in [0.2, 0.25) is 0 Å². The van der Waals surface area contributed by atoms with Crippen LogP contribution in [0.2, 0.25) is 10.0 Å². The van der Waals surface area contributed by atoms with Crippen LogP contribution in [0, 0.1) is 23.6 Å². The van der Waals surface area contributed by atoms with Crippen molar-refractivity contribution in [2.45, 2.75) is 57.4 Å². The summed E-state index contributed by atoms with van der Waals surface area (Å²) in [6.45, 7) is 2.09. The fourth-order valence-electron chi connectivity index (χ4n) is 6.92. The number of hydrogen-bond acceptors (Lipinski definition) is 4. The zero-order chi connectivity index (χ0) is 28.7. The summed E-state index contributed by atoms with van der Waals surface area (Å²) in [5.74, 6) is -1.15. The van der Waals surface area contributed by atoms with Gasteiger partial charge in [-0.05, 0) is 86.8 Å². The Kier molecular flexibility index (Phi) is 7.92. The predicted molar refractivity (Wildman–Crippen MR) is 156 cm³/mol. The number of allylic oxidation sites excluding steroid dienone is 1. The van der Waals surface area contributed by atoms with E-state index in [0.717, 1.165) is 42.5 Å². The van der Waals surface area contributed by atoms with Crippen molar-refractivity contribution in [2.75, 3.05) is 6.61 Å². The number of nitrogens with zero attached hydrogens (tertiary/aromatic N) is 2. The van der Waals surface area contributed by atoms with Crippen LogP contribution in [0.1, 0.15) is 65.8 Å². The molecule has 41 heavy (non-hydrogen) atoms. The number of benzene rings is 2. The molecule has 0 aliphatic heterocycles. The maximum atomic E-state index is 14.1. The Morgan fingerprint density at radius 3 is 2.73 bits per heavy atom. The van der Waals surface area contributed by atoms with Crippen molar-refractivity contribution < 1.29 is 18.7 Å². The van der Waals surface area contributed by atoms with Crippen LogP contribution in [0.3, 0.4) is 0 Å². The van der Waals surface area contributed by atoms with Gasteiger partial charge in [0.1, 0.15) is 5.82 Å². The standard InChI is InChI=1S/C32H32Cl2FN3O3/c1-2-41-32(40)27-19-10-11-20(16-19)28(27)36-31(39)29-24-9-4-3-7-21(14-18-6-5-8-23(35)15-18)30(24)38(37-29)26-13-12-22(33)17-25(26)34/h5-6,8,10-13,15,17,19-21,27-28H,2-4,7,9,14,16H2,1H3,(H,36,39)/t19?,20?,21-,27-,28+/m0/s1. The number of amides is 1. The van der Waals surface area contributed by atoms with Gasteiger partial charge in [0.25, 0.3) is 5.91 Å². The number of esters is 1. The average Bonchev–Trinajstić information content (AvgIpc) is 3.60. The number of carbonyl (C=O) groups excluding carboxylic acids is 2. The third-order valence-corrected chi connectivity index (χ3v) is 9.22. The first kappa shape index (κ1) is 28.0. The second-order valence-electron chi connectivity index (χ2n) is 11.2. The van der Waals surface area contributed by atoms with Crippen molar-refractivity contribution in [2.24, 2.45) is 17.8 Å². The highest BCUT2D eigenvalue weighted by Gasteiger charge is 2.50. The highest BCUT2D eigenvalue weighted by atomic mass is 35.5. The van der Waals surface area contributed by atoms with Crippen LogP contribution in [-0.4, -0.2) is 34.3 Å². The molecule has 9 heteroatoms. The highest BCUT2D eigenvalue weighted by Crippen LogP contribution is 2.45. The molecule has 1 N–H and O–H groups in total. The number of aromatic nitrogens is 2. The Labute approximate surface area is 248 Å². The third-order valence-electron chi connectivity index (χ3n) is 8.68. The summed E-state index contributed by atoms with van der Waals surface area (Å²) < 4.78 is 21.2. The van der Waals surface area contributed by atoms with E-state index in [1.165, 1.54) is 6.07 Å². The molecule has 0 saturated heterocycles. The zero-order valence-electron chi connectivity index (χ0n) is 22.8. The van der Waals surface area contributed by atoms with Gasteiger partial charge < -0.3 is 10.1 Å². The van der Waals surface area contributed by atoms with Gasteiger partial charge in [0.15, 0.2) is 5.69 Å². The number of nitrogens with one attached hydrogen (secondary N) is 1. The van der Waals surface area contributed by atoms with Gasteiger partial charge in [-0.25, -0.2) is 9.07 Å². The Bertz CT molecular complexity index is 1520.